The normalized spacial score (nSPS) is 15.0. The van der Waals surface area contributed by atoms with Crippen LogP contribution < -0.4 is 4.74 Å². The minimum Gasteiger partial charge on any atom is -0.473 e. The summed E-state index contributed by atoms with van der Waals surface area (Å²) in [5.74, 6) is -1.57. The maximum absolute atomic E-state index is 13.5. The van der Waals surface area contributed by atoms with E-state index in [9.17, 15) is 13.6 Å². The molecule has 0 saturated heterocycles. The molecule has 0 aliphatic heterocycles. The lowest BCUT2D eigenvalue weighted by atomic mass is 9.96. The molecule has 126 valence electrons. The van der Waals surface area contributed by atoms with E-state index in [1.807, 2.05) is 0 Å². The summed E-state index contributed by atoms with van der Waals surface area (Å²) in [6.45, 7) is 0.00204. The van der Waals surface area contributed by atoms with Crippen molar-refractivity contribution in [3.63, 3.8) is 0 Å². The largest absolute Gasteiger partial charge is 0.473 e. The Morgan fingerprint density at radius 1 is 1.21 bits per heavy atom. The lowest BCUT2D eigenvalue weighted by Crippen LogP contribution is -2.25. The fourth-order valence-electron chi connectivity index (χ4n) is 2.38. The predicted octanol–water partition coefficient (Wildman–Crippen LogP) is 3.17. The summed E-state index contributed by atoms with van der Waals surface area (Å²) < 4.78 is 37.3. The van der Waals surface area contributed by atoms with Gasteiger partial charge in [0.2, 0.25) is 11.8 Å². The van der Waals surface area contributed by atoms with Crippen molar-refractivity contribution < 1.29 is 23.0 Å². The molecule has 0 spiro atoms. The van der Waals surface area contributed by atoms with Gasteiger partial charge in [-0.15, -0.1) is 0 Å². The van der Waals surface area contributed by atoms with E-state index >= 15 is 0 Å². The molecule has 0 N–H and O–H groups in total. The monoisotopic (exact) mass is 398 g/mol. The van der Waals surface area contributed by atoms with E-state index < -0.39 is 23.1 Å². The predicted molar refractivity (Wildman–Crippen MR) is 83.5 cm³/mol. The Kier molecular flexibility index (Phi) is 4.75. The third kappa shape index (κ3) is 3.69. The third-order valence-electron chi connectivity index (χ3n) is 3.71. The first-order chi connectivity index (χ1) is 11.5. The average Bonchev–Trinajstić information content (AvgIpc) is 3.32. The van der Waals surface area contributed by atoms with Crippen molar-refractivity contribution in [3.05, 3.63) is 52.4 Å². The van der Waals surface area contributed by atoms with Crippen molar-refractivity contribution in [1.82, 2.24) is 9.97 Å². The van der Waals surface area contributed by atoms with Gasteiger partial charge in [-0.2, -0.15) is 9.37 Å². The van der Waals surface area contributed by atoms with Crippen molar-refractivity contribution in [2.24, 2.45) is 0 Å². The summed E-state index contributed by atoms with van der Waals surface area (Å²) >= 11 is 3.22. The van der Waals surface area contributed by atoms with Gasteiger partial charge in [0, 0.05) is 4.47 Å². The molecular formula is C16H13BrF2N2O3. The van der Waals surface area contributed by atoms with E-state index in [4.69, 9.17) is 9.47 Å². The molecule has 1 heterocycles. The van der Waals surface area contributed by atoms with Gasteiger partial charge < -0.3 is 9.47 Å². The molecule has 0 amide bonds. The van der Waals surface area contributed by atoms with E-state index in [0.29, 0.717) is 22.9 Å². The van der Waals surface area contributed by atoms with Gasteiger partial charge in [0.05, 0.1) is 17.8 Å². The molecule has 24 heavy (non-hydrogen) atoms. The molecule has 2 aromatic rings. The van der Waals surface area contributed by atoms with Crippen LogP contribution in [0.4, 0.5) is 8.78 Å². The van der Waals surface area contributed by atoms with E-state index in [1.165, 1.54) is 18.3 Å². The second-order valence-electron chi connectivity index (χ2n) is 5.40. The number of esters is 1. The highest BCUT2D eigenvalue weighted by Gasteiger charge is 2.53. The number of aromatic nitrogens is 2. The van der Waals surface area contributed by atoms with Crippen LogP contribution in [0, 0.1) is 11.8 Å². The topological polar surface area (TPSA) is 61.3 Å². The van der Waals surface area contributed by atoms with Crippen molar-refractivity contribution in [2.45, 2.75) is 18.3 Å². The lowest BCUT2D eigenvalue weighted by molar-refractivity contribution is -0.147. The maximum Gasteiger partial charge on any atom is 0.316 e. The second-order valence-corrected chi connectivity index (χ2v) is 6.32. The summed E-state index contributed by atoms with van der Waals surface area (Å²) in [5.41, 5.74) is -0.195. The molecule has 0 bridgehead atoms. The second kappa shape index (κ2) is 6.80. The Morgan fingerprint density at radius 2 is 2.00 bits per heavy atom. The molecule has 3 rings (SSSR count). The molecule has 0 unspecified atom stereocenters. The minimum atomic E-state index is -0.788. The zero-order valence-corrected chi connectivity index (χ0v) is 14.1. The number of halogens is 3. The zero-order chi connectivity index (χ0) is 17.2. The molecule has 8 heteroatoms. The highest BCUT2D eigenvalue weighted by Crippen LogP contribution is 2.49. The number of carbonyl (C=O) groups excluding carboxylic acids is 1. The molecule has 0 radical (unpaired) electrons. The number of benzene rings is 1. The van der Waals surface area contributed by atoms with Crippen molar-refractivity contribution >= 4 is 21.9 Å². The molecule has 1 aromatic heterocycles. The van der Waals surface area contributed by atoms with Gasteiger partial charge in [-0.05, 0) is 36.6 Å². The number of ether oxygens (including phenoxy) is 2. The third-order valence-corrected chi connectivity index (χ3v) is 4.16. The molecule has 5 nitrogen and oxygen atoms in total. The number of hydrogen-bond acceptors (Lipinski definition) is 5. The first kappa shape index (κ1) is 16.8. The zero-order valence-electron chi connectivity index (χ0n) is 12.5. The smallest absolute Gasteiger partial charge is 0.316 e. The summed E-state index contributed by atoms with van der Waals surface area (Å²) in [6, 6.07) is 4.40. The Balaban J connectivity index is 1.55. The molecule has 1 aromatic carbocycles. The molecule has 1 aliphatic rings. The average molecular weight is 399 g/mol. The highest BCUT2D eigenvalue weighted by atomic mass is 79.9. The van der Waals surface area contributed by atoms with Gasteiger partial charge in [0.25, 0.3) is 0 Å². The fourth-order valence-corrected chi connectivity index (χ4v) is 2.84. The van der Waals surface area contributed by atoms with Gasteiger partial charge in [0.1, 0.15) is 19.0 Å². The van der Waals surface area contributed by atoms with Crippen molar-refractivity contribution in [1.29, 1.82) is 0 Å². The van der Waals surface area contributed by atoms with Crippen LogP contribution in [-0.2, 0) is 14.9 Å². The molecule has 1 fully saturated rings. The molecule has 1 saturated carbocycles. The first-order valence-electron chi connectivity index (χ1n) is 7.24. The maximum atomic E-state index is 13.5. The molecule has 1 aliphatic carbocycles. The Hall–Kier alpha value is -2.09. The number of nitrogens with zero attached hydrogens (tertiary/aromatic N) is 2. The SMILES string of the molecule is O=C(OCCOc1cncc(F)n1)C1(c2cc(F)cc(Br)c2)CC1. The quantitative estimate of drug-likeness (QED) is 0.552. The fraction of sp³-hybridized carbons (Fsp3) is 0.312. The number of rotatable bonds is 6. The van der Waals surface area contributed by atoms with E-state index in [1.54, 1.807) is 6.07 Å². The van der Waals surface area contributed by atoms with Crippen LogP contribution in [0.2, 0.25) is 0 Å². The van der Waals surface area contributed by atoms with E-state index in [0.717, 1.165) is 6.20 Å². The number of carbonyl (C=O) groups is 1. The Bertz CT molecular complexity index is 748. The Labute approximate surface area is 145 Å². The summed E-state index contributed by atoms with van der Waals surface area (Å²) in [4.78, 5) is 19.4. The van der Waals surface area contributed by atoms with Crippen LogP contribution in [0.5, 0.6) is 5.88 Å². The van der Waals surface area contributed by atoms with Crippen LogP contribution in [0.15, 0.2) is 35.1 Å². The number of hydrogen-bond donors (Lipinski definition) is 0. The van der Waals surface area contributed by atoms with Gasteiger partial charge in [0.15, 0.2) is 0 Å². The minimum absolute atomic E-state index is 0.0150. The van der Waals surface area contributed by atoms with Crippen LogP contribution in [0.25, 0.3) is 0 Å². The highest BCUT2D eigenvalue weighted by molar-refractivity contribution is 9.10. The van der Waals surface area contributed by atoms with Gasteiger partial charge in [-0.25, -0.2) is 4.39 Å². The Morgan fingerprint density at radius 3 is 2.67 bits per heavy atom. The van der Waals surface area contributed by atoms with Gasteiger partial charge >= 0.3 is 5.97 Å². The van der Waals surface area contributed by atoms with Crippen LogP contribution in [-0.4, -0.2) is 29.2 Å². The van der Waals surface area contributed by atoms with Gasteiger partial charge in [-0.3, -0.25) is 9.78 Å². The molecule has 0 atom stereocenters. The van der Waals surface area contributed by atoms with Crippen LogP contribution in [0.1, 0.15) is 18.4 Å². The van der Waals surface area contributed by atoms with Crippen molar-refractivity contribution in [2.75, 3.05) is 13.2 Å². The van der Waals surface area contributed by atoms with Crippen LogP contribution >= 0.6 is 15.9 Å². The summed E-state index contributed by atoms with van der Waals surface area (Å²) in [6.07, 6.45) is 3.44. The first-order valence-corrected chi connectivity index (χ1v) is 8.03. The molecular weight excluding hydrogens is 386 g/mol. The summed E-state index contributed by atoms with van der Waals surface area (Å²) in [7, 11) is 0. The lowest BCUT2D eigenvalue weighted by Gasteiger charge is -2.15. The standard InChI is InChI=1S/C16H13BrF2N2O3/c17-11-5-10(6-12(18)7-11)16(1-2-16)15(22)24-4-3-23-14-9-20-8-13(19)21-14/h5-9H,1-4H2. The van der Waals surface area contributed by atoms with E-state index in [-0.39, 0.29) is 19.1 Å². The van der Waals surface area contributed by atoms with E-state index in [2.05, 4.69) is 25.9 Å². The van der Waals surface area contributed by atoms with Crippen molar-refractivity contribution in [3.8, 4) is 5.88 Å². The summed E-state index contributed by atoms with van der Waals surface area (Å²) in [5, 5.41) is 0. The van der Waals surface area contributed by atoms with Gasteiger partial charge in [-0.1, -0.05) is 15.9 Å². The van der Waals surface area contributed by atoms with Crippen LogP contribution in [0.3, 0.4) is 0 Å².